The van der Waals surface area contributed by atoms with Gasteiger partial charge < -0.3 is 4.90 Å². The van der Waals surface area contributed by atoms with Crippen LogP contribution in [0.4, 0.5) is 0 Å². The van der Waals surface area contributed by atoms with Gasteiger partial charge in [0.15, 0.2) is 0 Å². The summed E-state index contributed by atoms with van der Waals surface area (Å²) in [5.74, 6) is 0. The van der Waals surface area contributed by atoms with E-state index in [0.29, 0.717) is 0 Å². The molecule has 1 aliphatic heterocycles. The summed E-state index contributed by atoms with van der Waals surface area (Å²) in [6.07, 6.45) is 4.25. The first-order chi connectivity index (χ1) is 4.29. The highest BCUT2D eigenvalue weighted by Crippen LogP contribution is 2.15. The van der Waals surface area contributed by atoms with Gasteiger partial charge in [-0.15, -0.1) is 0 Å². The summed E-state index contributed by atoms with van der Waals surface area (Å²) in [6.45, 7) is 2.60. The topological polar surface area (TPSA) is 3.24 Å². The normalized spacial score (nSPS) is 32.0. The first-order valence-corrected chi connectivity index (χ1v) is 4.86. The molecule has 1 heterocycles. The van der Waals surface area contributed by atoms with Crippen LogP contribution in [0, 0.1) is 0 Å². The summed E-state index contributed by atoms with van der Waals surface area (Å²) in [5, 5.41) is 0. The lowest BCUT2D eigenvalue weighted by molar-refractivity contribution is 0.355. The highest BCUT2D eigenvalue weighted by molar-refractivity contribution is 14.1. The molecule has 0 aliphatic carbocycles. The minimum absolute atomic E-state index is 0.898. The largest absolute Gasteiger partial charge is 0.305 e. The zero-order valence-corrected chi connectivity index (χ0v) is 8.10. The van der Waals surface area contributed by atoms with Gasteiger partial charge in [0, 0.05) is 10.5 Å². The lowest BCUT2D eigenvalue weighted by Crippen LogP contribution is -2.23. The summed E-state index contributed by atoms with van der Waals surface area (Å²) in [7, 11) is 2.22. The summed E-state index contributed by atoms with van der Waals surface area (Å²) in [5.41, 5.74) is 0. The second-order valence-electron chi connectivity index (χ2n) is 2.86. The molecule has 9 heavy (non-hydrogen) atoms. The van der Waals surface area contributed by atoms with Crippen molar-refractivity contribution < 1.29 is 0 Å². The van der Waals surface area contributed by atoms with E-state index in [2.05, 4.69) is 34.5 Å². The fourth-order valence-electron chi connectivity index (χ4n) is 1.27. The fourth-order valence-corrected chi connectivity index (χ4v) is 2.38. The van der Waals surface area contributed by atoms with Gasteiger partial charge in [0.05, 0.1) is 0 Å². The molecule has 1 unspecified atom stereocenters. The summed E-state index contributed by atoms with van der Waals surface area (Å²) in [6, 6.07) is 0. The number of halogens is 1. The zero-order chi connectivity index (χ0) is 6.69. The molecule has 1 aliphatic rings. The third kappa shape index (κ3) is 2.85. The van der Waals surface area contributed by atoms with Crippen molar-refractivity contribution in [2.75, 3.05) is 20.1 Å². The van der Waals surface area contributed by atoms with Gasteiger partial charge in [-0.3, -0.25) is 0 Å². The molecular formula is C7H14IN. The number of alkyl halides is 1. The van der Waals surface area contributed by atoms with Crippen LogP contribution in [-0.2, 0) is 0 Å². The molecule has 1 rings (SSSR count). The van der Waals surface area contributed by atoms with Gasteiger partial charge in [-0.1, -0.05) is 29.0 Å². The van der Waals surface area contributed by atoms with Crippen molar-refractivity contribution in [2.45, 2.75) is 23.2 Å². The molecule has 54 valence electrons. The predicted molar refractivity (Wildman–Crippen MR) is 49.2 cm³/mol. The smallest absolute Gasteiger partial charge is 0.0237 e. The Morgan fingerprint density at radius 2 is 2.22 bits per heavy atom. The van der Waals surface area contributed by atoms with E-state index < -0.39 is 0 Å². The van der Waals surface area contributed by atoms with Crippen molar-refractivity contribution in [3.63, 3.8) is 0 Å². The Hall–Kier alpha value is 0.690. The monoisotopic (exact) mass is 239 g/mol. The lowest BCUT2D eigenvalue weighted by Gasteiger charge is -2.14. The van der Waals surface area contributed by atoms with Crippen molar-refractivity contribution in [3.05, 3.63) is 0 Å². The molecule has 0 aromatic carbocycles. The predicted octanol–water partition coefficient (Wildman–Crippen LogP) is 1.91. The van der Waals surface area contributed by atoms with Crippen LogP contribution in [0.3, 0.4) is 0 Å². The standard InChI is InChI=1S/C7H14IN/c1-9-5-3-2-4-7(8)6-9/h7H,2-6H2,1H3. The number of rotatable bonds is 0. The highest BCUT2D eigenvalue weighted by Gasteiger charge is 2.11. The molecule has 0 aromatic heterocycles. The average molecular weight is 239 g/mol. The second kappa shape index (κ2) is 3.76. The van der Waals surface area contributed by atoms with Crippen LogP contribution >= 0.6 is 22.6 Å². The van der Waals surface area contributed by atoms with Gasteiger partial charge >= 0.3 is 0 Å². The number of hydrogen-bond acceptors (Lipinski definition) is 1. The molecule has 1 nitrogen and oxygen atoms in total. The van der Waals surface area contributed by atoms with Crippen molar-refractivity contribution in [1.29, 1.82) is 0 Å². The van der Waals surface area contributed by atoms with Crippen LogP contribution in [-0.4, -0.2) is 29.0 Å². The van der Waals surface area contributed by atoms with Crippen LogP contribution in [0.2, 0.25) is 0 Å². The summed E-state index contributed by atoms with van der Waals surface area (Å²) >= 11 is 2.56. The van der Waals surface area contributed by atoms with E-state index in [1.54, 1.807) is 0 Å². The Balaban J connectivity index is 2.29. The minimum atomic E-state index is 0.898. The quantitative estimate of drug-likeness (QED) is 0.461. The molecule has 1 saturated heterocycles. The minimum Gasteiger partial charge on any atom is -0.305 e. The van der Waals surface area contributed by atoms with E-state index in [1.807, 2.05) is 0 Å². The maximum atomic E-state index is 2.56. The van der Waals surface area contributed by atoms with Crippen LogP contribution in [0.1, 0.15) is 19.3 Å². The van der Waals surface area contributed by atoms with E-state index in [0.717, 1.165) is 3.92 Å². The van der Waals surface area contributed by atoms with Gasteiger partial charge in [0.1, 0.15) is 0 Å². The molecule has 0 N–H and O–H groups in total. The maximum absolute atomic E-state index is 2.56. The molecular weight excluding hydrogens is 225 g/mol. The molecule has 0 bridgehead atoms. The first-order valence-electron chi connectivity index (χ1n) is 3.61. The highest BCUT2D eigenvalue weighted by atomic mass is 127. The van der Waals surface area contributed by atoms with E-state index in [4.69, 9.17) is 0 Å². The van der Waals surface area contributed by atoms with Crippen molar-refractivity contribution in [2.24, 2.45) is 0 Å². The number of likely N-dealkylation sites (tertiary alicyclic amines) is 1. The zero-order valence-electron chi connectivity index (χ0n) is 5.94. The van der Waals surface area contributed by atoms with Crippen molar-refractivity contribution in [3.8, 4) is 0 Å². The van der Waals surface area contributed by atoms with Crippen LogP contribution < -0.4 is 0 Å². The summed E-state index contributed by atoms with van der Waals surface area (Å²) in [4.78, 5) is 2.43. The molecule has 1 fully saturated rings. The van der Waals surface area contributed by atoms with Crippen LogP contribution in [0.15, 0.2) is 0 Å². The molecule has 1 atom stereocenters. The SMILES string of the molecule is CN1CCCCC(I)C1. The second-order valence-corrected chi connectivity index (χ2v) is 4.62. The fraction of sp³-hybridized carbons (Fsp3) is 1.00. The third-order valence-electron chi connectivity index (χ3n) is 1.82. The van der Waals surface area contributed by atoms with Crippen molar-refractivity contribution in [1.82, 2.24) is 4.90 Å². The van der Waals surface area contributed by atoms with E-state index in [-0.39, 0.29) is 0 Å². The molecule has 0 radical (unpaired) electrons. The third-order valence-corrected chi connectivity index (χ3v) is 2.83. The Morgan fingerprint density at radius 3 is 3.00 bits per heavy atom. The Morgan fingerprint density at radius 1 is 1.44 bits per heavy atom. The Kier molecular flexibility index (Phi) is 3.26. The van der Waals surface area contributed by atoms with Crippen LogP contribution in [0.5, 0.6) is 0 Å². The van der Waals surface area contributed by atoms with Gasteiger partial charge in [-0.05, 0) is 26.4 Å². The molecule has 0 aromatic rings. The number of hydrogen-bond donors (Lipinski definition) is 0. The lowest BCUT2D eigenvalue weighted by atomic mass is 10.2. The first kappa shape index (κ1) is 7.79. The van der Waals surface area contributed by atoms with E-state index in [9.17, 15) is 0 Å². The van der Waals surface area contributed by atoms with Gasteiger partial charge in [-0.2, -0.15) is 0 Å². The van der Waals surface area contributed by atoms with Gasteiger partial charge in [-0.25, -0.2) is 0 Å². The molecule has 0 saturated carbocycles. The molecule has 0 amide bonds. The van der Waals surface area contributed by atoms with Gasteiger partial charge in [0.2, 0.25) is 0 Å². The van der Waals surface area contributed by atoms with Gasteiger partial charge in [0.25, 0.3) is 0 Å². The number of nitrogens with zero attached hydrogens (tertiary/aromatic N) is 1. The Bertz CT molecular complexity index is 75.0. The summed E-state index contributed by atoms with van der Waals surface area (Å²) < 4.78 is 0.898. The van der Waals surface area contributed by atoms with E-state index >= 15 is 0 Å². The average Bonchev–Trinajstić information content (AvgIpc) is 1.93. The molecule has 0 spiro atoms. The Labute approximate surface area is 70.9 Å². The molecule has 2 heteroatoms. The van der Waals surface area contributed by atoms with E-state index in [1.165, 1.54) is 32.4 Å². The maximum Gasteiger partial charge on any atom is 0.0237 e. The van der Waals surface area contributed by atoms with Crippen molar-refractivity contribution >= 4 is 22.6 Å². The van der Waals surface area contributed by atoms with Crippen LogP contribution in [0.25, 0.3) is 0 Å².